The van der Waals surface area contributed by atoms with E-state index in [1.54, 1.807) is 82.9 Å². The number of halogens is 1. The summed E-state index contributed by atoms with van der Waals surface area (Å²) in [7, 11) is 1.64. The molecule has 2 fully saturated rings. The topological polar surface area (TPSA) is 220 Å². The number of hydrogen-bond donors (Lipinski definition) is 0. The van der Waals surface area contributed by atoms with Gasteiger partial charge in [0.25, 0.3) is 11.5 Å². The van der Waals surface area contributed by atoms with Gasteiger partial charge in [0.1, 0.15) is 30.3 Å². The van der Waals surface area contributed by atoms with E-state index in [1.807, 2.05) is 96.1 Å². The highest BCUT2D eigenvalue weighted by molar-refractivity contribution is 6.06. The molecule has 2 aliphatic rings. The minimum Gasteiger partial charge on any atom is -0.443 e. The number of oxazole rings is 1. The second-order valence-corrected chi connectivity index (χ2v) is 21.4. The predicted octanol–water partition coefficient (Wildman–Crippen LogP) is 9.50. The first-order valence-electron chi connectivity index (χ1n) is 27.1. The molecule has 0 atom stereocenters. The van der Waals surface area contributed by atoms with E-state index < -0.39 is 11.0 Å². The molecule has 0 bridgehead atoms. The largest absolute Gasteiger partial charge is 0.443 e. The zero-order valence-corrected chi connectivity index (χ0v) is 51.0. The average molecular weight is 1130 g/mol. The fraction of sp³-hybridized carbons (Fsp3) is 0.627. The number of urea groups is 1. The number of amides is 5. The van der Waals surface area contributed by atoms with E-state index in [0.29, 0.717) is 87.9 Å². The number of terminal acetylenes is 1. The summed E-state index contributed by atoms with van der Waals surface area (Å²) >= 11 is 0. The maximum absolute atomic E-state index is 13.3. The number of likely N-dealkylation sites (N-methyl/N-ethyl adjacent to an activating group) is 1. The standard InChI is InChI=1S/C12H13FO.C11H20N2O3.C11H19NO3.C10H15NO2.C8H13NO2.C7H12N2O2/c1-4-10-5-6-11(12(13)7-10)8-14-9(2)3;1-8(2)16-7-6-13-9(14)11(3,4)12(5)10(13)15;1-8(2)15-6-5-12-9(13)7-11(3,4)10(12)14;1-9(2)13-8-7-11-6-4-3-5-10(11)12;1-6(2)10-5-8-9-4-7(3)11-8;1-5(2)10-4-7-9-8-6(3)11-7/h1,5-7,9H,8H2,2-3H3;8H,6-7H2,1-5H3;8H,5-7H2,1-4H3;3-6,9H,7-8H2,1-2H3;4,6H,5H2,1-3H3;5H,4H2,1-3H3. The van der Waals surface area contributed by atoms with Crippen molar-refractivity contribution in [3.8, 4) is 12.3 Å². The molecule has 3 aromatic heterocycles. The molecule has 2 saturated heterocycles. The molecule has 2 aliphatic heterocycles. The number of pyridine rings is 1. The van der Waals surface area contributed by atoms with E-state index in [0.717, 1.165) is 5.76 Å². The lowest BCUT2D eigenvalue weighted by Crippen LogP contribution is -2.41. The van der Waals surface area contributed by atoms with Gasteiger partial charge >= 0.3 is 6.03 Å². The Morgan fingerprint density at radius 1 is 0.650 bits per heavy atom. The number of rotatable bonds is 21. The highest BCUT2D eigenvalue weighted by Crippen LogP contribution is 2.31. The van der Waals surface area contributed by atoms with Crippen molar-refractivity contribution in [2.45, 2.75) is 200 Å². The van der Waals surface area contributed by atoms with Crippen LogP contribution in [0.1, 0.15) is 152 Å². The molecule has 5 heterocycles. The van der Waals surface area contributed by atoms with Crippen molar-refractivity contribution in [2.24, 2.45) is 5.41 Å². The van der Waals surface area contributed by atoms with Crippen molar-refractivity contribution < 1.29 is 60.8 Å². The summed E-state index contributed by atoms with van der Waals surface area (Å²) in [6, 6.07) is 9.60. The summed E-state index contributed by atoms with van der Waals surface area (Å²) in [6.45, 7) is 38.0. The Balaban J connectivity index is 0.000000482. The monoisotopic (exact) mass is 1130 g/mol. The van der Waals surface area contributed by atoms with Crippen LogP contribution in [0.15, 0.2) is 62.4 Å². The van der Waals surface area contributed by atoms with Gasteiger partial charge in [0.2, 0.25) is 29.5 Å². The van der Waals surface area contributed by atoms with Crippen LogP contribution in [-0.4, -0.2) is 140 Å². The first-order valence-corrected chi connectivity index (χ1v) is 27.1. The van der Waals surface area contributed by atoms with Crippen LogP contribution in [-0.2, 0) is 69.2 Å². The first-order chi connectivity index (χ1) is 37.3. The van der Waals surface area contributed by atoms with Crippen LogP contribution in [0.5, 0.6) is 0 Å². The lowest BCUT2D eigenvalue weighted by Gasteiger charge is -2.22. The Hall–Kier alpha value is -6.15. The zero-order chi connectivity index (χ0) is 60.9. The highest BCUT2D eigenvalue weighted by atomic mass is 19.1. The molecular weight excluding hydrogens is 1030 g/mol. The van der Waals surface area contributed by atoms with Gasteiger partial charge in [0.15, 0.2) is 0 Å². The maximum Gasteiger partial charge on any atom is 0.327 e. The molecule has 5 amide bonds. The van der Waals surface area contributed by atoms with Crippen LogP contribution in [0.25, 0.3) is 0 Å². The molecule has 448 valence electrons. The smallest absolute Gasteiger partial charge is 0.327 e. The summed E-state index contributed by atoms with van der Waals surface area (Å²) in [5.74, 6) is 4.34. The number of likely N-dealkylation sites (tertiary alicyclic amines) is 1. The maximum atomic E-state index is 13.3. The Labute approximate surface area is 474 Å². The van der Waals surface area contributed by atoms with Crippen molar-refractivity contribution in [2.75, 3.05) is 40.0 Å². The molecule has 0 N–H and O–H groups in total. The van der Waals surface area contributed by atoms with Crippen LogP contribution < -0.4 is 5.56 Å². The van der Waals surface area contributed by atoms with Crippen molar-refractivity contribution in [3.05, 3.63) is 99.5 Å². The van der Waals surface area contributed by atoms with Gasteiger partial charge in [-0.25, -0.2) is 14.2 Å². The van der Waals surface area contributed by atoms with Gasteiger partial charge < -0.3 is 46.7 Å². The molecule has 4 aromatic rings. The van der Waals surface area contributed by atoms with Crippen LogP contribution in [0.3, 0.4) is 0 Å². The number of ether oxygens (including phenoxy) is 6. The lowest BCUT2D eigenvalue weighted by atomic mass is 9.92. The van der Waals surface area contributed by atoms with Crippen molar-refractivity contribution in [1.29, 1.82) is 0 Å². The zero-order valence-electron chi connectivity index (χ0n) is 51.0. The van der Waals surface area contributed by atoms with Gasteiger partial charge in [-0.05, 0) is 122 Å². The quantitative estimate of drug-likeness (QED) is 0.0431. The Kier molecular flexibility index (Phi) is 32.6. The number of carbonyl (C=O) groups is 4. The molecule has 0 spiro atoms. The van der Waals surface area contributed by atoms with Crippen molar-refractivity contribution >= 4 is 23.8 Å². The molecule has 0 aliphatic carbocycles. The fourth-order valence-corrected chi connectivity index (χ4v) is 6.57. The molecule has 20 nitrogen and oxygen atoms in total. The lowest BCUT2D eigenvalue weighted by molar-refractivity contribution is -0.142. The normalized spacial score (nSPS) is 14.4. The van der Waals surface area contributed by atoms with E-state index in [4.69, 9.17) is 43.7 Å². The third kappa shape index (κ3) is 27.8. The number of aryl methyl sites for hydroxylation is 2. The number of benzene rings is 1. The summed E-state index contributed by atoms with van der Waals surface area (Å²) in [6.07, 6.45) is 9.90. The van der Waals surface area contributed by atoms with E-state index in [9.17, 15) is 28.4 Å². The predicted molar refractivity (Wildman–Crippen MR) is 302 cm³/mol. The molecular formula is C59H92FN7O13. The van der Waals surface area contributed by atoms with Crippen LogP contribution in [0, 0.1) is 37.4 Å². The van der Waals surface area contributed by atoms with Gasteiger partial charge in [0.05, 0.1) is 87.8 Å². The second kappa shape index (κ2) is 36.3. The minimum atomic E-state index is -0.741. The van der Waals surface area contributed by atoms with Gasteiger partial charge in [-0.3, -0.25) is 29.0 Å². The molecule has 6 rings (SSSR count). The molecule has 0 saturated carbocycles. The van der Waals surface area contributed by atoms with E-state index in [2.05, 4.69) is 21.1 Å². The number of carbonyl (C=O) groups excluding carboxylic acids is 4. The third-order valence-corrected chi connectivity index (χ3v) is 11.2. The number of nitrogens with zero attached hydrogens (tertiary/aromatic N) is 7. The summed E-state index contributed by atoms with van der Waals surface area (Å²) in [5.41, 5.74) is -0.160. The van der Waals surface area contributed by atoms with Crippen molar-refractivity contribution in [1.82, 2.24) is 34.4 Å². The molecule has 0 radical (unpaired) electrons. The second-order valence-electron chi connectivity index (χ2n) is 21.4. The Morgan fingerprint density at radius 3 is 1.57 bits per heavy atom. The Bertz CT molecular complexity index is 2510. The summed E-state index contributed by atoms with van der Waals surface area (Å²) in [5, 5.41) is 7.44. The number of hydrogen-bond acceptors (Lipinski definition) is 16. The highest BCUT2D eigenvalue weighted by Gasteiger charge is 2.49. The average Bonchev–Trinajstić information content (AvgIpc) is 4.08. The first kappa shape index (κ1) is 71.9. The van der Waals surface area contributed by atoms with Gasteiger partial charge in [0, 0.05) is 50.3 Å². The fourth-order valence-electron chi connectivity index (χ4n) is 6.57. The number of aromatic nitrogens is 4. The van der Waals surface area contributed by atoms with Crippen LogP contribution in [0.2, 0.25) is 0 Å². The van der Waals surface area contributed by atoms with Gasteiger partial charge in [-0.15, -0.1) is 16.6 Å². The third-order valence-electron chi connectivity index (χ3n) is 11.2. The van der Waals surface area contributed by atoms with Crippen LogP contribution >= 0.6 is 0 Å². The summed E-state index contributed by atoms with van der Waals surface area (Å²) in [4.78, 5) is 66.2. The van der Waals surface area contributed by atoms with E-state index >= 15 is 0 Å². The Morgan fingerprint density at radius 2 is 1.16 bits per heavy atom. The molecule has 1 aromatic carbocycles. The van der Waals surface area contributed by atoms with E-state index in [-0.39, 0.29) is 78.4 Å². The van der Waals surface area contributed by atoms with E-state index in [1.165, 1.54) is 20.8 Å². The molecule has 0 unspecified atom stereocenters. The SMILES string of the molecule is C#Cc1ccc(COC(C)C)c(F)c1.CC(C)OCCN1C(=O)CC(C)(C)C1=O.CC(C)OCCN1C(=O)N(C)C(C)(C)C1=O.CC(C)OCCn1ccccc1=O.Cc1cnc(COC(C)C)o1.Cc1nnc(COC(C)C)o1. The van der Waals surface area contributed by atoms with Crippen molar-refractivity contribution in [3.63, 3.8) is 0 Å². The van der Waals surface area contributed by atoms with Crippen LogP contribution in [0.4, 0.5) is 9.18 Å². The molecule has 21 heteroatoms. The number of imide groups is 2. The van der Waals surface area contributed by atoms with Gasteiger partial charge in [-0.1, -0.05) is 31.9 Å². The molecule has 80 heavy (non-hydrogen) atoms. The van der Waals surface area contributed by atoms with Gasteiger partial charge in [-0.2, -0.15) is 0 Å². The minimum absolute atomic E-state index is 0.0230. The summed E-state index contributed by atoms with van der Waals surface area (Å²) < 4.78 is 57.1.